The van der Waals surface area contributed by atoms with E-state index in [2.05, 4.69) is 48.2 Å². The van der Waals surface area contributed by atoms with Crippen LogP contribution in [-0.4, -0.2) is 25.3 Å². The van der Waals surface area contributed by atoms with E-state index in [4.69, 9.17) is 18.9 Å². The molecule has 6 rings (SSSR count). The lowest BCUT2D eigenvalue weighted by molar-refractivity contribution is 0.108. The van der Waals surface area contributed by atoms with Gasteiger partial charge in [0, 0.05) is 12.1 Å². The highest BCUT2D eigenvalue weighted by molar-refractivity contribution is 5.56. The summed E-state index contributed by atoms with van der Waals surface area (Å²) in [5, 5.41) is 0. The molecule has 5 heteroatoms. The summed E-state index contributed by atoms with van der Waals surface area (Å²) in [5.41, 5.74) is 6.56. The number of benzene rings is 3. The van der Waals surface area contributed by atoms with Crippen LogP contribution in [0.2, 0.25) is 0 Å². The predicted octanol–water partition coefficient (Wildman–Crippen LogP) is 5.22. The minimum Gasteiger partial charge on any atom is -0.493 e. The fourth-order valence-corrected chi connectivity index (χ4v) is 5.49. The van der Waals surface area contributed by atoms with Crippen LogP contribution < -0.4 is 18.9 Å². The van der Waals surface area contributed by atoms with Crippen molar-refractivity contribution in [2.75, 3.05) is 20.4 Å². The van der Waals surface area contributed by atoms with Gasteiger partial charge in [-0.25, -0.2) is 0 Å². The Bertz CT molecular complexity index is 1160. The van der Waals surface area contributed by atoms with E-state index in [0.29, 0.717) is 25.5 Å². The summed E-state index contributed by atoms with van der Waals surface area (Å²) in [6.45, 7) is 4.08. The third-order valence-corrected chi connectivity index (χ3v) is 7.01. The van der Waals surface area contributed by atoms with Crippen molar-refractivity contribution in [2.45, 2.75) is 38.5 Å². The van der Waals surface area contributed by atoms with Gasteiger partial charge in [-0.2, -0.15) is 0 Å². The highest BCUT2D eigenvalue weighted by atomic mass is 16.7. The number of nitrogens with zero attached hydrogens (tertiary/aromatic N) is 1. The minimum atomic E-state index is 0.309. The van der Waals surface area contributed by atoms with Crippen LogP contribution in [0.25, 0.3) is 0 Å². The Hall–Kier alpha value is -3.18. The highest BCUT2D eigenvalue weighted by Crippen LogP contribution is 2.51. The number of methoxy groups -OCH3 is 1. The van der Waals surface area contributed by atoms with Gasteiger partial charge >= 0.3 is 0 Å². The first-order chi connectivity index (χ1) is 15.7. The molecule has 3 heterocycles. The number of rotatable bonds is 5. The molecule has 0 saturated heterocycles. The van der Waals surface area contributed by atoms with E-state index >= 15 is 0 Å². The van der Waals surface area contributed by atoms with Gasteiger partial charge < -0.3 is 18.9 Å². The first kappa shape index (κ1) is 19.5. The molecule has 0 saturated carbocycles. The van der Waals surface area contributed by atoms with Crippen molar-refractivity contribution in [2.24, 2.45) is 0 Å². The first-order valence-electron chi connectivity index (χ1n) is 11.3. The zero-order chi connectivity index (χ0) is 21.7. The second-order valence-electron chi connectivity index (χ2n) is 8.65. The average Bonchev–Trinajstić information content (AvgIpc) is 3.29. The molecule has 3 aliphatic heterocycles. The molecule has 3 aromatic rings. The van der Waals surface area contributed by atoms with Crippen LogP contribution in [0.3, 0.4) is 0 Å². The SMILES string of the molecule is CCN1[C@H]2Cc3cc4c(cc3[C@@H]1Cc1cc(OCc3ccccc3)c(OC)cc12)OCO4. The van der Waals surface area contributed by atoms with Gasteiger partial charge in [0.1, 0.15) is 6.61 Å². The van der Waals surface area contributed by atoms with Gasteiger partial charge in [-0.3, -0.25) is 4.90 Å². The lowest BCUT2D eigenvalue weighted by atomic mass is 9.76. The molecule has 0 N–H and O–H groups in total. The average molecular weight is 430 g/mol. The minimum absolute atomic E-state index is 0.309. The largest absolute Gasteiger partial charge is 0.493 e. The number of ether oxygens (including phenoxy) is 4. The molecular formula is C27H27NO4. The van der Waals surface area contributed by atoms with Crippen LogP contribution in [0.1, 0.15) is 46.8 Å². The summed E-state index contributed by atoms with van der Waals surface area (Å²) < 4.78 is 23.3. The number of hydrogen-bond acceptors (Lipinski definition) is 5. The van der Waals surface area contributed by atoms with Crippen LogP contribution in [0, 0.1) is 0 Å². The van der Waals surface area contributed by atoms with E-state index in [9.17, 15) is 0 Å². The smallest absolute Gasteiger partial charge is 0.231 e. The third kappa shape index (κ3) is 3.11. The lowest BCUT2D eigenvalue weighted by Gasteiger charge is -2.47. The quantitative estimate of drug-likeness (QED) is 0.556. The Morgan fingerprint density at radius 3 is 2.28 bits per heavy atom. The van der Waals surface area contributed by atoms with Crippen molar-refractivity contribution in [3.63, 3.8) is 0 Å². The van der Waals surface area contributed by atoms with E-state index in [0.717, 1.165) is 47.9 Å². The van der Waals surface area contributed by atoms with E-state index in [-0.39, 0.29) is 0 Å². The fraction of sp³-hybridized carbons (Fsp3) is 0.333. The third-order valence-electron chi connectivity index (χ3n) is 7.01. The monoisotopic (exact) mass is 429 g/mol. The molecule has 2 atom stereocenters. The molecule has 0 aliphatic carbocycles. The summed E-state index contributed by atoms with van der Waals surface area (Å²) in [7, 11) is 1.72. The van der Waals surface area contributed by atoms with Gasteiger partial charge in [-0.05, 0) is 71.5 Å². The van der Waals surface area contributed by atoms with E-state index in [1.54, 1.807) is 7.11 Å². The summed E-state index contributed by atoms with van der Waals surface area (Å²) in [4.78, 5) is 2.61. The van der Waals surface area contributed by atoms with Crippen LogP contribution in [0.15, 0.2) is 54.6 Å². The Labute approximate surface area is 188 Å². The van der Waals surface area contributed by atoms with Crippen molar-refractivity contribution in [1.82, 2.24) is 4.90 Å². The van der Waals surface area contributed by atoms with Crippen molar-refractivity contribution < 1.29 is 18.9 Å². The topological polar surface area (TPSA) is 40.2 Å². The maximum atomic E-state index is 6.21. The molecule has 0 amide bonds. The van der Waals surface area contributed by atoms with Crippen molar-refractivity contribution in [3.05, 3.63) is 82.4 Å². The Balaban J connectivity index is 1.37. The van der Waals surface area contributed by atoms with Crippen LogP contribution in [-0.2, 0) is 19.4 Å². The Morgan fingerprint density at radius 1 is 0.875 bits per heavy atom. The second kappa shape index (κ2) is 7.75. The second-order valence-corrected chi connectivity index (χ2v) is 8.65. The van der Waals surface area contributed by atoms with E-state index in [1.165, 1.54) is 22.3 Å². The number of fused-ring (bicyclic) bond motifs is 7. The predicted molar refractivity (Wildman–Crippen MR) is 122 cm³/mol. The molecule has 0 fully saturated rings. The molecular weight excluding hydrogens is 402 g/mol. The fourth-order valence-electron chi connectivity index (χ4n) is 5.49. The maximum Gasteiger partial charge on any atom is 0.231 e. The van der Waals surface area contributed by atoms with Crippen LogP contribution in [0.4, 0.5) is 0 Å². The van der Waals surface area contributed by atoms with Crippen LogP contribution >= 0.6 is 0 Å². The van der Waals surface area contributed by atoms with Gasteiger partial charge in [0.2, 0.25) is 6.79 Å². The molecule has 3 aliphatic rings. The maximum absolute atomic E-state index is 6.21. The summed E-state index contributed by atoms with van der Waals surface area (Å²) in [6.07, 6.45) is 1.90. The van der Waals surface area contributed by atoms with Gasteiger partial charge in [0.25, 0.3) is 0 Å². The van der Waals surface area contributed by atoms with Gasteiger partial charge in [-0.15, -0.1) is 0 Å². The Morgan fingerprint density at radius 2 is 1.56 bits per heavy atom. The van der Waals surface area contributed by atoms with Crippen molar-refractivity contribution in [3.8, 4) is 23.0 Å². The van der Waals surface area contributed by atoms with Gasteiger partial charge in [0.15, 0.2) is 23.0 Å². The summed E-state index contributed by atoms with van der Waals surface area (Å²) in [5.74, 6) is 3.34. The number of likely N-dealkylation sites (N-methyl/N-ethyl adjacent to an activating group) is 1. The normalized spacial score (nSPS) is 20.4. The van der Waals surface area contributed by atoms with Gasteiger partial charge in [0.05, 0.1) is 7.11 Å². The van der Waals surface area contributed by atoms with E-state index < -0.39 is 0 Å². The highest BCUT2D eigenvalue weighted by Gasteiger charge is 2.41. The molecule has 5 nitrogen and oxygen atoms in total. The molecule has 0 radical (unpaired) electrons. The van der Waals surface area contributed by atoms with Crippen molar-refractivity contribution >= 4 is 0 Å². The Kier molecular flexibility index (Phi) is 4.72. The summed E-state index contributed by atoms with van der Waals surface area (Å²) in [6, 6.07) is 19.7. The molecule has 0 spiro atoms. The lowest BCUT2D eigenvalue weighted by Crippen LogP contribution is -2.42. The molecule has 0 unspecified atom stereocenters. The molecule has 2 bridgehead atoms. The van der Waals surface area contributed by atoms with Crippen molar-refractivity contribution in [1.29, 1.82) is 0 Å². The standard InChI is InChI=1S/C27H27NO4/c1-3-28-22-10-19-12-26-27(32-16-31-26)14-21(19)23(28)9-18-11-25(24(29-2)13-20(18)22)30-15-17-7-5-4-6-8-17/h4-8,11-14,22-23H,3,9-10,15-16H2,1-2H3/t22-,23-/m0/s1. The van der Waals surface area contributed by atoms with E-state index in [1.807, 2.05) is 18.2 Å². The van der Waals surface area contributed by atoms with Crippen LogP contribution in [0.5, 0.6) is 23.0 Å². The zero-order valence-electron chi connectivity index (χ0n) is 18.5. The first-order valence-corrected chi connectivity index (χ1v) is 11.3. The molecule has 3 aromatic carbocycles. The molecule has 32 heavy (non-hydrogen) atoms. The molecule has 0 aromatic heterocycles. The number of hydrogen-bond donors (Lipinski definition) is 0. The molecule has 164 valence electrons. The zero-order valence-corrected chi connectivity index (χ0v) is 18.5. The summed E-state index contributed by atoms with van der Waals surface area (Å²) >= 11 is 0. The van der Waals surface area contributed by atoms with Gasteiger partial charge in [-0.1, -0.05) is 37.3 Å².